The Hall–Kier alpha value is -1.72. The minimum atomic E-state index is -1.16. The summed E-state index contributed by atoms with van der Waals surface area (Å²) in [5.41, 5.74) is 0. The van der Waals surface area contributed by atoms with Crippen LogP contribution in [0.15, 0.2) is 0 Å². The van der Waals surface area contributed by atoms with E-state index in [1.165, 1.54) is 13.8 Å². The fraction of sp³-hybridized carbons (Fsp3) is 0.818. The summed E-state index contributed by atoms with van der Waals surface area (Å²) in [6.45, 7) is 12.3. The molecule has 0 saturated heterocycles. The molecule has 0 aromatic heterocycles. The zero-order chi connectivity index (χ0) is 21.6. The van der Waals surface area contributed by atoms with Gasteiger partial charge in [0.1, 0.15) is 29.5 Å². The zero-order valence-electron chi connectivity index (χ0n) is 18.3. The Kier molecular flexibility index (Phi) is 9.31. The lowest BCUT2D eigenvalue weighted by Gasteiger charge is -2.37. The molecule has 1 fully saturated rings. The van der Waals surface area contributed by atoms with Crippen LogP contribution in [0.1, 0.15) is 67.7 Å². The summed E-state index contributed by atoms with van der Waals surface area (Å²) in [6, 6.07) is 0. The molecular weight excluding hydrogens is 360 g/mol. The molecule has 6 heteroatoms. The molecule has 0 aliphatic heterocycles. The van der Waals surface area contributed by atoms with E-state index in [1.54, 1.807) is 13.8 Å². The number of hydrogen-bond donors (Lipinski definition) is 0. The van der Waals surface area contributed by atoms with Crippen LogP contribution >= 0.6 is 0 Å². The van der Waals surface area contributed by atoms with Crippen molar-refractivity contribution in [2.24, 2.45) is 35.5 Å². The molecule has 0 radical (unpaired) electrons. The van der Waals surface area contributed by atoms with E-state index in [0.29, 0.717) is 11.8 Å². The van der Waals surface area contributed by atoms with Gasteiger partial charge in [0.15, 0.2) is 0 Å². The Morgan fingerprint density at radius 3 is 1.93 bits per heavy atom. The van der Waals surface area contributed by atoms with Crippen LogP contribution in [-0.2, 0) is 28.7 Å². The first-order valence-corrected chi connectivity index (χ1v) is 10.4. The molecule has 1 saturated carbocycles. The van der Waals surface area contributed by atoms with Crippen LogP contribution in [0.25, 0.3) is 0 Å². The van der Waals surface area contributed by atoms with E-state index < -0.39 is 41.3 Å². The summed E-state index contributed by atoms with van der Waals surface area (Å²) in [4.78, 5) is 49.6. The molecule has 0 amide bonds. The number of Topliss-reactive ketones (excluding diaryl/α,β-unsaturated/α-hetero) is 2. The van der Waals surface area contributed by atoms with Gasteiger partial charge in [0, 0.05) is 0 Å². The van der Waals surface area contributed by atoms with E-state index in [9.17, 15) is 19.2 Å². The Bertz CT molecular complexity index is 582. The highest BCUT2D eigenvalue weighted by Crippen LogP contribution is 2.36. The molecule has 160 valence electrons. The minimum Gasteiger partial charge on any atom is -0.465 e. The van der Waals surface area contributed by atoms with Gasteiger partial charge in [-0.25, -0.2) is 0 Å². The van der Waals surface area contributed by atoms with Crippen molar-refractivity contribution in [3.63, 3.8) is 0 Å². The molecule has 0 unspecified atom stereocenters. The van der Waals surface area contributed by atoms with Crippen molar-refractivity contribution in [3.05, 3.63) is 0 Å². The topological polar surface area (TPSA) is 86.7 Å². The third-order valence-electron chi connectivity index (χ3n) is 5.95. The predicted molar refractivity (Wildman–Crippen MR) is 105 cm³/mol. The molecule has 0 aromatic carbocycles. The molecule has 1 aliphatic rings. The van der Waals surface area contributed by atoms with Crippen LogP contribution in [0.3, 0.4) is 0 Å². The summed E-state index contributed by atoms with van der Waals surface area (Å²) in [5.74, 6) is -4.25. The van der Waals surface area contributed by atoms with Crippen LogP contribution in [0.4, 0.5) is 0 Å². The van der Waals surface area contributed by atoms with Crippen molar-refractivity contribution < 1.29 is 28.7 Å². The van der Waals surface area contributed by atoms with E-state index in [4.69, 9.17) is 9.47 Å². The first kappa shape index (κ1) is 24.3. The molecule has 0 spiro atoms. The standard InChI is InChI=1S/C22H36O6/c1-8-27-21(25)19(15(6)23)14(5)20(16(7)24)22(26)28-18-11-13(4)9-10-17(18)12(2)3/h12-14,17-20H,8-11H2,1-7H3/t13-,14-,17+,18+,19-,20+/m0/s1. The molecule has 0 aromatic rings. The molecule has 28 heavy (non-hydrogen) atoms. The molecule has 1 rings (SSSR count). The highest BCUT2D eigenvalue weighted by Gasteiger charge is 2.43. The van der Waals surface area contributed by atoms with Crippen molar-refractivity contribution in [1.82, 2.24) is 0 Å². The summed E-state index contributed by atoms with van der Waals surface area (Å²) >= 11 is 0. The van der Waals surface area contributed by atoms with E-state index in [2.05, 4.69) is 20.8 Å². The summed E-state index contributed by atoms with van der Waals surface area (Å²) in [7, 11) is 0. The predicted octanol–water partition coefficient (Wildman–Crippen LogP) is 3.60. The lowest BCUT2D eigenvalue weighted by atomic mass is 9.75. The van der Waals surface area contributed by atoms with Gasteiger partial charge in [-0.15, -0.1) is 0 Å². The fourth-order valence-electron chi connectivity index (χ4n) is 4.40. The van der Waals surface area contributed by atoms with Gasteiger partial charge in [0.25, 0.3) is 0 Å². The zero-order valence-corrected chi connectivity index (χ0v) is 18.3. The fourth-order valence-corrected chi connectivity index (χ4v) is 4.40. The monoisotopic (exact) mass is 396 g/mol. The van der Waals surface area contributed by atoms with Crippen molar-refractivity contribution in [2.75, 3.05) is 6.61 Å². The van der Waals surface area contributed by atoms with Gasteiger partial charge in [-0.2, -0.15) is 0 Å². The van der Waals surface area contributed by atoms with Crippen molar-refractivity contribution in [2.45, 2.75) is 73.8 Å². The summed E-state index contributed by atoms with van der Waals surface area (Å²) in [6.07, 6.45) is 2.60. The van der Waals surface area contributed by atoms with Crippen LogP contribution in [0.5, 0.6) is 0 Å². The van der Waals surface area contributed by atoms with E-state index in [-0.39, 0.29) is 18.6 Å². The van der Waals surface area contributed by atoms with Gasteiger partial charge in [-0.3, -0.25) is 19.2 Å². The molecule has 6 nitrogen and oxygen atoms in total. The van der Waals surface area contributed by atoms with Crippen molar-refractivity contribution in [3.8, 4) is 0 Å². The number of ether oxygens (including phenoxy) is 2. The SMILES string of the molecule is CCOC(=O)[C@H](C(C)=O)[C@H](C)[C@H](C(C)=O)C(=O)O[C@@H]1C[C@@H](C)CC[C@@H]1C(C)C. The van der Waals surface area contributed by atoms with Crippen LogP contribution < -0.4 is 0 Å². The third-order valence-corrected chi connectivity index (χ3v) is 5.95. The van der Waals surface area contributed by atoms with Crippen LogP contribution in [0.2, 0.25) is 0 Å². The number of carbonyl (C=O) groups excluding carboxylic acids is 4. The first-order chi connectivity index (χ1) is 13.0. The van der Waals surface area contributed by atoms with E-state index in [0.717, 1.165) is 19.3 Å². The van der Waals surface area contributed by atoms with Crippen molar-refractivity contribution >= 4 is 23.5 Å². The average molecular weight is 397 g/mol. The van der Waals surface area contributed by atoms with Crippen LogP contribution in [-0.4, -0.2) is 36.2 Å². The molecule has 6 atom stereocenters. The van der Waals surface area contributed by atoms with Gasteiger partial charge in [0.2, 0.25) is 0 Å². The Morgan fingerprint density at radius 2 is 1.46 bits per heavy atom. The van der Waals surface area contributed by atoms with Crippen LogP contribution in [0, 0.1) is 35.5 Å². The minimum absolute atomic E-state index is 0.126. The summed E-state index contributed by atoms with van der Waals surface area (Å²) in [5, 5.41) is 0. The summed E-state index contributed by atoms with van der Waals surface area (Å²) < 4.78 is 10.8. The normalized spacial score (nSPS) is 25.5. The number of rotatable bonds is 9. The van der Waals surface area contributed by atoms with Gasteiger partial charge in [0.05, 0.1) is 6.61 Å². The van der Waals surface area contributed by atoms with Gasteiger partial charge >= 0.3 is 11.9 Å². The maximum absolute atomic E-state index is 13.0. The number of carbonyl (C=O) groups is 4. The average Bonchev–Trinajstić information content (AvgIpc) is 2.54. The molecule has 0 bridgehead atoms. The lowest BCUT2D eigenvalue weighted by Crippen LogP contribution is -2.43. The van der Waals surface area contributed by atoms with E-state index in [1.807, 2.05) is 0 Å². The van der Waals surface area contributed by atoms with Gasteiger partial charge in [-0.05, 0) is 57.3 Å². The second kappa shape index (κ2) is 10.7. The van der Waals surface area contributed by atoms with E-state index >= 15 is 0 Å². The largest absolute Gasteiger partial charge is 0.465 e. The number of esters is 2. The molecule has 0 heterocycles. The number of ketones is 2. The maximum atomic E-state index is 13.0. The quantitative estimate of drug-likeness (QED) is 0.437. The van der Waals surface area contributed by atoms with Gasteiger partial charge in [-0.1, -0.05) is 34.1 Å². The smallest absolute Gasteiger partial charge is 0.317 e. The highest BCUT2D eigenvalue weighted by molar-refractivity contribution is 6.02. The second-order valence-corrected chi connectivity index (χ2v) is 8.59. The second-order valence-electron chi connectivity index (χ2n) is 8.59. The third kappa shape index (κ3) is 6.14. The number of hydrogen-bond acceptors (Lipinski definition) is 6. The molecular formula is C22H36O6. The lowest BCUT2D eigenvalue weighted by molar-refractivity contribution is -0.167. The van der Waals surface area contributed by atoms with Gasteiger partial charge < -0.3 is 9.47 Å². The Morgan fingerprint density at radius 1 is 0.929 bits per heavy atom. The molecule has 0 N–H and O–H groups in total. The van der Waals surface area contributed by atoms with Crippen molar-refractivity contribution in [1.29, 1.82) is 0 Å². The Labute approximate surface area is 168 Å². The highest BCUT2D eigenvalue weighted by atomic mass is 16.5. The Balaban J connectivity index is 3.05. The first-order valence-electron chi connectivity index (χ1n) is 10.4. The maximum Gasteiger partial charge on any atom is 0.317 e. The molecule has 1 aliphatic carbocycles.